The number of nitrogens with one attached hydrogen (secondary N) is 1. The van der Waals surface area contributed by atoms with E-state index in [-0.39, 0.29) is 11.3 Å². The summed E-state index contributed by atoms with van der Waals surface area (Å²) in [5.41, 5.74) is 6.40. The predicted molar refractivity (Wildman–Crippen MR) is 73.3 cm³/mol. The Bertz CT molecular complexity index is 602. The fourth-order valence-corrected chi connectivity index (χ4v) is 1.94. The molecule has 20 heavy (non-hydrogen) atoms. The van der Waals surface area contributed by atoms with E-state index < -0.39 is 17.8 Å². The minimum Gasteiger partial charge on any atom is -0.508 e. The van der Waals surface area contributed by atoms with E-state index in [1.807, 2.05) is 30.3 Å². The number of aromatic hydroxyl groups is 1. The molecule has 104 valence electrons. The van der Waals surface area contributed by atoms with Gasteiger partial charge in [-0.05, 0) is 23.8 Å². The molecule has 2 aromatic rings. The lowest BCUT2D eigenvalue weighted by atomic mass is 10.0. The molecule has 0 heterocycles. The third-order valence-corrected chi connectivity index (χ3v) is 2.94. The minimum atomic E-state index is -0.953. The number of benzene rings is 2. The Morgan fingerprint density at radius 2 is 1.95 bits per heavy atom. The average molecular weight is 274 g/mol. The van der Waals surface area contributed by atoms with Crippen LogP contribution in [0.15, 0.2) is 48.5 Å². The standard InChI is InChI=1S/C15H15FN2O2/c16-11-6-7-13(19)12(8-11)14(15(17)20)18-9-10-4-2-1-3-5-10/h1-8,14,18-19H,9H2,(H2,17,20). The first-order valence-corrected chi connectivity index (χ1v) is 6.13. The van der Waals surface area contributed by atoms with Crippen molar-refractivity contribution in [3.05, 3.63) is 65.5 Å². The van der Waals surface area contributed by atoms with E-state index in [9.17, 15) is 14.3 Å². The molecular formula is C15H15FN2O2. The second-order valence-corrected chi connectivity index (χ2v) is 4.41. The minimum absolute atomic E-state index is 0.133. The maximum absolute atomic E-state index is 13.2. The van der Waals surface area contributed by atoms with Crippen molar-refractivity contribution >= 4 is 5.91 Å². The molecule has 0 radical (unpaired) electrons. The van der Waals surface area contributed by atoms with Gasteiger partial charge in [0.2, 0.25) is 5.91 Å². The maximum Gasteiger partial charge on any atom is 0.239 e. The highest BCUT2D eigenvalue weighted by molar-refractivity contribution is 5.82. The van der Waals surface area contributed by atoms with Crippen LogP contribution >= 0.6 is 0 Å². The zero-order valence-electron chi connectivity index (χ0n) is 10.7. The molecule has 1 amide bonds. The van der Waals surface area contributed by atoms with Crippen LogP contribution in [0.25, 0.3) is 0 Å². The number of phenolic OH excluding ortho intramolecular Hbond substituents is 1. The van der Waals surface area contributed by atoms with Gasteiger partial charge in [-0.25, -0.2) is 4.39 Å². The summed E-state index contributed by atoms with van der Waals surface area (Å²) in [6.07, 6.45) is 0. The summed E-state index contributed by atoms with van der Waals surface area (Å²) < 4.78 is 13.2. The van der Waals surface area contributed by atoms with Gasteiger partial charge in [-0.2, -0.15) is 0 Å². The van der Waals surface area contributed by atoms with Gasteiger partial charge in [0, 0.05) is 12.1 Å². The lowest BCUT2D eigenvalue weighted by molar-refractivity contribution is -0.120. The Morgan fingerprint density at radius 3 is 2.60 bits per heavy atom. The van der Waals surface area contributed by atoms with Crippen molar-refractivity contribution in [2.45, 2.75) is 12.6 Å². The lowest BCUT2D eigenvalue weighted by Crippen LogP contribution is -2.33. The Labute approximate surface area is 116 Å². The van der Waals surface area contributed by atoms with Crippen molar-refractivity contribution in [3.8, 4) is 5.75 Å². The van der Waals surface area contributed by atoms with Crippen LogP contribution in [0.2, 0.25) is 0 Å². The van der Waals surface area contributed by atoms with Gasteiger partial charge in [-0.3, -0.25) is 10.1 Å². The number of rotatable bonds is 5. The van der Waals surface area contributed by atoms with Crippen molar-refractivity contribution in [2.24, 2.45) is 5.73 Å². The van der Waals surface area contributed by atoms with Gasteiger partial charge in [0.1, 0.15) is 17.6 Å². The SMILES string of the molecule is NC(=O)C(NCc1ccccc1)c1cc(F)ccc1O. The first-order valence-electron chi connectivity index (χ1n) is 6.13. The summed E-state index contributed by atoms with van der Waals surface area (Å²) >= 11 is 0. The lowest BCUT2D eigenvalue weighted by Gasteiger charge is -2.17. The monoisotopic (exact) mass is 274 g/mol. The van der Waals surface area contributed by atoms with E-state index in [4.69, 9.17) is 5.73 Å². The number of hydrogen-bond donors (Lipinski definition) is 3. The van der Waals surface area contributed by atoms with Crippen molar-refractivity contribution in [2.75, 3.05) is 0 Å². The molecule has 4 N–H and O–H groups in total. The van der Waals surface area contributed by atoms with Crippen LogP contribution in [0.5, 0.6) is 5.75 Å². The van der Waals surface area contributed by atoms with E-state index in [0.717, 1.165) is 17.7 Å². The van der Waals surface area contributed by atoms with E-state index in [2.05, 4.69) is 5.32 Å². The Hall–Kier alpha value is -2.40. The van der Waals surface area contributed by atoms with Gasteiger partial charge < -0.3 is 10.8 Å². The molecule has 0 spiro atoms. The highest BCUT2D eigenvalue weighted by Crippen LogP contribution is 2.25. The van der Waals surface area contributed by atoms with E-state index in [1.54, 1.807) is 0 Å². The van der Waals surface area contributed by atoms with Crippen LogP contribution in [-0.2, 0) is 11.3 Å². The van der Waals surface area contributed by atoms with Crippen molar-refractivity contribution in [1.29, 1.82) is 0 Å². The number of hydrogen-bond acceptors (Lipinski definition) is 3. The van der Waals surface area contributed by atoms with Crippen LogP contribution in [0.1, 0.15) is 17.2 Å². The molecule has 1 unspecified atom stereocenters. The molecule has 0 aliphatic rings. The third kappa shape index (κ3) is 3.33. The van der Waals surface area contributed by atoms with Crippen molar-refractivity contribution in [1.82, 2.24) is 5.32 Å². The zero-order chi connectivity index (χ0) is 14.5. The molecule has 5 heteroatoms. The van der Waals surface area contributed by atoms with E-state index in [1.165, 1.54) is 6.07 Å². The summed E-state index contributed by atoms with van der Waals surface area (Å²) in [5.74, 6) is -1.39. The normalized spacial score (nSPS) is 12.1. The van der Waals surface area contributed by atoms with Crippen LogP contribution < -0.4 is 11.1 Å². The number of carbonyl (C=O) groups is 1. The van der Waals surface area contributed by atoms with E-state index >= 15 is 0 Å². The van der Waals surface area contributed by atoms with Crippen LogP contribution in [0, 0.1) is 5.82 Å². The summed E-state index contributed by atoms with van der Waals surface area (Å²) in [4.78, 5) is 11.5. The molecule has 0 aliphatic carbocycles. The molecule has 0 saturated heterocycles. The van der Waals surface area contributed by atoms with Crippen LogP contribution in [0.4, 0.5) is 4.39 Å². The molecule has 0 fully saturated rings. The summed E-state index contributed by atoms with van der Waals surface area (Å²) in [5, 5.41) is 12.7. The summed E-state index contributed by atoms with van der Waals surface area (Å²) in [6.45, 7) is 0.379. The number of amides is 1. The number of phenols is 1. The third-order valence-electron chi connectivity index (χ3n) is 2.94. The summed E-state index contributed by atoms with van der Waals surface area (Å²) in [7, 11) is 0. The number of carbonyl (C=O) groups excluding carboxylic acids is 1. The number of nitrogens with two attached hydrogens (primary N) is 1. The van der Waals surface area contributed by atoms with Gasteiger partial charge >= 0.3 is 0 Å². The molecule has 2 rings (SSSR count). The fraction of sp³-hybridized carbons (Fsp3) is 0.133. The largest absolute Gasteiger partial charge is 0.508 e. The zero-order valence-corrected chi connectivity index (χ0v) is 10.7. The smallest absolute Gasteiger partial charge is 0.239 e. The molecule has 2 aromatic carbocycles. The van der Waals surface area contributed by atoms with Gasteiger partial charge in [-0.1, -0.05) is 30.3 Å². The number of primary amides is 1. The summed E-state index contributed by atoms with van der Waals surface area (Å²) in [6, 6.07) is 11.9. The van der Waals surface area contributed by atoms with Gasteiger partial charge in [0.25, 0.3) is 0 Å². The quantitative estimate of drug-likeness (QED) is 0.779. The molecular weight excluding hydrogens is 259 g/mol. The maximum atomic E-state index is 13.2. The first-order chi connectivity index (χ1) is 9.58. The highest BCUT2D eigenvalue weighted by Gasteiger charge is 2.21. The Morgan fingerprint density at radius 1 is 1.25 bits per heavy atom. The van der Waals surface area contributed by atoms with Crippen LogP contribution in [-0.4, -0.2) is 11.0 Å². The molecule has 4 nitrogen and oxygen atoms in total. The predicted octanol–water partition coefficient (Wildman–Crippen LogP) is 1.85. The van der Waals surface area contributed by atoms with Gasteiger partial charge in [-0.15, -0.1) is 0 Å². The molecule has 1 atom stereocenters. The average Bonchev–Trinajstić information content (AvgIpc) is 2.43. The van der Waals surface area contributed by atoms with Gasteiger partial charge in [0.15, 0.2) is 0 Å². The van der Waals surface area contributed by atoms with Crippen molar-refractivity contribution < 1.29 is 14.3 Å². The topological polar surface area (TPSA) is 75.4 Å². The molecule has 0 saturated carbocycles. The van der Waals surface area contributed by atoms with Gasteiger partial charge in [0.05, 0.1) is 0 Å². The number of halogens is 1. The second-order valence-electron chi connectivity index (χ2n) is 4.41. The highest BCUT2D eigenvalue weighted by atomic mass is 19.1. The van der Waals surface area contributed by atoms with E-state index in [0.29, 0.717) is 6.54 Å². The molecule has 0 aromatic heterocycles. The Balaban J connectivity index is 2.19. The van der Waals surface area contributed by atoms with Crippen molar-refractivity contribution in [3.63, 3.8) is 0 Å². The molecule has 0 aliphatic heterocycles. The second kappa shape index (κ2) is 6.16. The molecule has 0 bridgehead atoms. The first kappa shape index (κ1) is 14.0. The fourth-order valence-electron chi connectivity index (χ4n) is 1.94. The Kier molecular flexibility index (Phi) is 4.32. The van der Waals surface area contributed by atoms with Crippen LogP contribution in [0.3, 0.4) is 0 Å².